The van der Waals surface area contributed by atoms with E-state index in [0.717, 1.165) is 5.84 Å². The van der Waals surface area contributed by atoms with E-state index in [1.807, 2.05) is 6.92 Å². The van der Waals surface area contributed by atoms with Crippen molar-refractivity contribution in [2.24, 2.45) is 20.7 Å². The summed E-state index contributed by atoms with van der Waals surface area (Å²) in [5.74, 6) is 0.731. The topological polar surface area (TPSA) is 84.4 Å². The number of nitrogens with two attached hydrogens (primary N) is 1. The largest absolute Gasteiger partial charge is 0.402 e. The van der Waals surface area contributed by atoms with Gasteiger partial charge in [0, 0.05) is 45.6 Å². The van der Waals surface area contributed by atoms with Crippen LogP contribution in [-0.2, 0) is 4.74 Å². The van der Waals surface area contributed by atoms with Crippen molar-refractivity contribution >= 4 is 18.4 Å². The molecule has 0 rings (SSSR count). The summed E-state index contributed by atoms with van der Waals surface area (Å²) in [6, 6.07) is 0.179. The molecule has 0 spiro atoms. The van der Waals surface area contributed by atoms with Crippen LogP contribution in [0.1, 0.15) is 13.3 Å². The van der Waals surface area contributed by atoms with E-state index in [1.165, 1.54) is 6.34 Å². The molecule has 0 aromatic heterocycles. The molecule has 0 amide bonds. The molecule has 0 aromatic rings. The standard InChI is InChI=1S/C12H23N5O/c1-10(8-18-4)17-12(15-3)7-11(13)5-6-16-9-14-2/h6-7,9-10H,5,8,13H2,1-4H3,(H,15,17)/b11-7-,14-9?,16-6?/t10-/m1/s1. The minimum atomic E-state index is 0.179. The van der Waals surface area contributed by atoms with Crippen molar-refractivity contribution in [2.75, 3.05) is 27.8 Å². The first-order chi connectivity index (χ1) is 8.63. The first-order valence-corrected chi connectivity index (χ1v) is 5.74. The summed E-state index contributed by atoms with van der Waals surface area (Å²) in [4.78, 5) is 11.8. The van der Waals surface area contributed by atoms with Crippen molar-refractivity contribution in [3.05, 3.63) is 11.8 Å². The number of ether oxygens (including phenoxy) is 1. The highest BCUT2D eigenvalue weighted by atomic mass is 16.5. The molecule has 0 bridgehead atoms. The Bertz CT molecular complexity index is 333. The van der Waals surface area contributed by atoms with Crippen LogP contribution in [0.3, 0.4) is 0 Å². The highest BCUT2D eigenvalue weighted by Gasteiger charge is 2.02. The van der Waals surface area contributed by atoms with E-state index in [0.29, 0.717) is 18.7 Å². The summed E-state index contributed by atoms with van der Waals surface area (Å²) >= 11 is 0. The molecule has 0 saturated heterocycles. The Morgan fingerprint density at radius 2 is 2.17 bits per heavy atom. The third-order valence-corrected chi connectivity index (χ3v) is 1.99. The average Bonchev–Trinajstić information content (AvgIpc) is 2.34. The van der Waals surface area contributed by atoms with Crippen LogP contribution >= 0.6 is 0 Å². The quantitative estimate of drug-likeness (QED) is 0.515. The van der Waals surface area contributed by atoms with E-state index in [4.69, 9.17) is 10.5 Å². The molecule has 102 valence electrons. The normalized spacial score (nSPS) is 15.6. The van der Waals surface area contributed by atoms with Crippen LogP contribution in [0.4, 0.5) is 0 Å². The molecule has 0 aliphatic rings. The number of hydrogen-bond donors (Lipinski definition) is 2. The van der Waals surface area contributed by atoms with E-state index in [9.17, 15) is 0 Å². The van der Waals surface area contributed by atoms with Gasteiger partial charge in [-0.15, -0.1) is 0 Å². The molecule has 6 nitrogen and oxygen atoms in total. The number of hydrogen-bond acceptors (Lipinski definition) is 4. The number of amidine groups is 1. The van der Waals surface area contributed by atoms with Gasteiger partial charge >= 0.3 is 0 Å². The fourth-order valence-electron chi connectivity index (χ4n) is 1.22. The zero-order valence-corrected chi connectivity index (χ0v) is 11.6. The highest BCUT2D eigenvalue weighted by molar-refractivity contribution is 5.94. The van der Waals surface area contributed by atoms with Crippen molar-refractivity contribution in [3.8, 4) is 0 Å². The minimum Gasteiger partial charge on any atom is -0.402 e. The predicted molar refractivity (Wildman–Crippen MR) is 77.6 cm³/mol. The van der Waals surface area contributed by atoms with Gasteiger partial charge in [-0.05, 0) is 13.0 Å². The Morgan fingerprint density at radius 3 is 2.72 bits per heavy atom. The second kappa shape index (κ2) is 10.5. The smallest absolute Gasteiger partial charge is 0.122 e. The van der Waals surface area contributed by atoms with Gasteiger partial charge in [0.1, 0.15) is 12.2 Å². The number of methoxy groups -OCH3 is 1. The van der Waals surface area contributed by atoms with Crippen molar-refractivity contribution in [2.45, 2.75) is 19.4 Å². The Morgan fingerprint density at radius 1 is 1.44 bits per heavy atom. The third kappa shape index (κ3) is 8.46. The maximum absolute atomic E-state index is 5.86. The van der Waals surface area contributed by atoms with Gasteiger partial charge in [0.25, 0.3) is 0 Å². The molecule has 1 atom stereocenters. The van der Waals surface area contributed by atoms with Gasteiger partial charge in [-0.25, -0.2) is 4.99 Å². The molecule has 0 fully saturated rings. The van der Waals surface area contributed by atoms with Gasteiger partial charge in [0.15, 0.2) is 0 Å². The Hall–Kier alpha value is -1.69. The lowest BCUT2D eigenvalue weighted by Gasteiger charge is -2.14. The monoisotopic (exact) mass is 253 g/mol. The molecule has 0 radical (unpaired) electrons. The molecule has 0 aliphatic carbocycles. The van der Waals surface area contributed by atoms with Crippen molar-refractivity contribution in [1.82, 2.24) is 5.32 Å². The second-order valence-electron chi connectivity index (χ2n) is 3.74. The highest BCUT2D eigenvalue weighted by Crippen LogP contribution is 1.92. The fourth-order valence-corrected chi connectivity index (χ4v) is 1.22. The molecule has 6 heteroatoms. The SMILES string of the molecule is CN=CN=CC/C(N)=C/C(=NC)N[C@H](C)COC. The maximum Gasteiger partial charge on any atom is 0.122 e. The third-order valence-electron chi connectivity index (χ3n) is 1.99. The van der Waals surface area contributed by atoms with E-state index in [2.05, 4.69) is 20.3 Å². The molecule has 0 aromatic carbocycles. The lowest BCUT2D eigenvalue weighted by atomic mass is 10.3. The average molecular weight is 253 g/mol. The van der Waals surface area contributed by atoms with Gasteiger partial charge < -0.3 is 15.8 Å². The minimum absolute atomic E-state index is 0.179. The number of nitrogens with one attached hydrogen (secondary N) is 1. The summed E-state index contributed by atoms with van der Waals surface area (Å²) in [5.41, 5.74) is 6.54. The lowest BCUT2D eigenvalue weighted by molar-refractivity contribution is 0.179. The number of nitrogens with zero attached hydrogens (tertiary/aromatic N) is 3. The predicted octanol–water partition coefficient (Wildman–Crippen LogP) is 0.601. The van der Waals surface area contributed by atoms with Crippen molar-refractivity contribution in [3.63, 3.8) is 0 Å². The summed E-state index contributed by atoms with van der Waals surface area (Å²) in [5, 5.41) is 3.20. The number of aliphatic imine (C=N–C) groups is 3. The van der Waals surface area contributed by atoms with Gasteiger partial charge in [0.05, 0.1) is 6.61 Å². The van der Waals surface area contributed by atoms with Crippen LogP contribution in [0, 0.1) is 0 Å². The van der Waals surface area contributed by atoms with Gasteiger partial charge in [-0.2, -0.15) is 0 Å². The summed E-state index contributed by atoms with van der Waals surface area (Å²) in [7, 11) is 5.04. The first-order valence-electron chi connectivity index (χ1n) is 5.74. The van der Waals surface area contributed by atoms with E-state index >= 15 is 0 Å². The van der Waals surface area contributed by atoms with Crippen LogP contribution < -0.4 is 11.1 Å². The van der Waals surface area contributed by atoms with E-state index in [1.54, 1.807) is 33.5 Å². The molecular weight excluding hydrogens is 230 g/mol. The summed E-state index contributed by atoms with van der Waals surface area (Å²) < 4.78 is 5.04. The molecular formula is C12H23N5O. The van der Waals surface area contributed by atoms with E-state index < -0.39 is 0 Å². The van der Waals surface area contributed by atoms with Crippen LogP contribution in [-0.4, -0.2) is 52.2 Å². The molecule has 0 heterocycles. The molecule has 3 N–H and O–H groups in total. The van der Waals surface area contributed by atoms with Crippen molar-refractivity contribution < 1.29 is 4.74 Å². The van der Waals surface area contributed by atoms with Gasteiger partial charge in [-0.3, -0.25) is 9.98 Å². The van der Waals surface area contributed by atoms with Crippen LogP contribution in [0.15, 0.2) is 26.8 Å². The molecule has 0 saturated carbocycles. The zero-order valence-electron chi connectivity index (χ0n) is 11.6. The molecule has 0 unspecified atom stereocenters. The lowest BCUT2D eigenvalue weighted by Crippen LogP contribution is -2.35. The first kappa shape index (κ1) is 16.3. The van der Waals surface area contributed by atoms with Crippen LogP contribution in [0.25, 0.3) is 0 Å². The molecule has 18 heavy (non-hydrogen) atoms. The van der Waals surface area contributed by atoms with Gasteiger partial charge in [0.2, 0.25) is 0 Å². The van der Waals surface area contributed by atoms with Crippen LogP contribution in [0.2, 0.25) is 0 Å². The fraction of sp³-hybridized carbons (Fsp3) is 0.583. The zero-order chi connectivity index (χ0) is 13.8. The Kier molecular flexibility index (Phi) is 9.48. The Labute approximate surface area is 109 Å². The summed E-state index contributed by atoms with van der Waals surface area (Å²) in [6.45, 7) is 2.62. The van der Waals surface area contributed by atoms with E-state index in [-0.39, 0.29) is 6.04 Å². The molecule has 0 aliphatic heterocycles. The maximum atomic E-state index is 5.86. The number of allylic oxidation sites excluding steroid dienone is 1. The van der Waals surface area contributed by atoms with Crippen LogP contribution in [0.5, 0.6) is 0 Å². The number of rotatable bonds is 7. The second-order valence-corrected chi connectivity index (χ2v) is 3.74. The van der Waals surface area contributed by atoms with Gasteiger partial charge in [-0.1, -0.05) is 0 Å². The van der Waals surface area contributed by atoms with Crippen molar-refractivity contribution in [1.29, 1.82) is 0 Å². The Balaban J connectivity index is 4.32. The summed E-state index contributed by atoms with van der Waals surface area (Å²) in [6.07, 6.45) is 5.53.